The van der Waals surface area contributed by atoms with Gasteiger partial charge in [-0.05, 0) is 0 Å². The van der Waals surface area contributed by atoms with Crippen LogP contribution in [-0.4, -0.2) is 16.0 Å². The zero-order valence-electron chi connectivity index (χ0n) is 6.35. The van der Waals surface area contributed by atoms with E-state index in [-0.39, 0.29) is 0 Å². The number of benzene rings is 1. The van der Waals surface area contributed by atoms with Crippen molar-refractivity contribution in [3.63, 3.8) is 0 Å². The standard InChI is InChI=1S/C9H11Se/c1-7-3-4-8(2)9(5-7)6-10/h3-5H,6H2,1-2H3. The normalized spacial score (nSPS) is 9.90. The summed E-state index contributed by atoms with van der Waals surface area (Å²) in [4.78, 5) is 0. The van der Waals surface area contributed by atoms with Gasteiger partial charge in [0.15, 0.2) is 0 Å². The van der Waals surface area contributed by atoms with Gasteiger partial charge in [-0.3, -0.25) is 0 Å². The van der Waals surface area contributed by atoms with E-state index in [2.05, 4.69) is 48.1 Å². The minimum absolute atomic E-state index is 1.02. The van der Waals surface area contributed by atoms with E-state index < -0.39 is 0 Å². The molecule has 0 nitrogen and oxygen atoms in total. The minimum atomic E-state index is 1.02. The quantitative estimate of drug-likeness (QED) is 0.605. The topological polar surface area (TPSA) is 0 Å². The zero-order valence-corrected chi connectivity index (χ0v) is 8.06. The second-order valence-electron chi connectivity index (χ2n) is 2.57. The van der Waals surface area contributed by atoms with E-state index in [1.54, 1.807) is 0 Å². The fourth-order valence-electron chi connectivity index (χ4n) is 0.956. The second-order valence-corrected chi connectivity index (χ2v) is 3.18. The van der Waals surface area contributed by atoms with Crippen LogP contribution in [0.4, 0.5) is 0 Å². The van der Waals surface area contributed by atoms with E-state index in [0.717, 1.165) is 5.32 Å². The molecule has 10 heavy (non-hydrogen) atoms. The number of aryl methyl sites for hydroxylation is 2. The average molecular weight is 198 g/mol. The van der Waals surface area contributed by atoms with Crippen LogP contribution in [-0.2, 0) is 5.32 Å². The second kappa shape index (κ2) is 3.23. The van der Waals surface area contributed by atoms with Crippen molar-refractivity contribution < 1.29 is 0 Å². The molecule has 0 heterocycles. The Kier molecular flexibility index (Phi) is 2.53. The predicted octanol–water partition coefficient (Wildman–Crippen LogP) is 1.97. The molecule has 0 saturated heterocycles. The Labute approximate surface area is 70.5 Å². The molecule has 0 fully saturated rings. The van der Waals surface area contributed by atoms with Crippen LogP contribution in [0.1, 0.15) is 16.7 Å². The Balaban J connectivity index is 3.09. The third kappa shape index (κ3) is 1.62. The molecule has 0 aromatic heterocycles. The SMILES string of the molecule is Cc1ccc(C)c(C[Se])c1. The third-order valence-electron chi connectivity index (χ3n) is 1.66. The molecule has 53 valence electrons. The van der Waals surface area contributed by atoms with Crippen molar-refractivity contribution >= 4 is 16.0 Å². The number of hydrogen-bond donors (Lipinski definition) is 0. The fourth-order valence-corrected chi connectivity index (χ4v) is 1.61. The van der Waals surface area contributed by atoms with Crippen LogP contribution in [0.25, 0.3) is 0 Å². The van der Waals surface area contributed by atoms with E-state index in [9.17, 15) is 0 Å². The molecular weight excluding hydrogens is 187 g/mol. The van der Waals surface area contributed by atoms with Crippen molar-refractivity contribution in [2.24, 2.45) is 0 Å². The molecule has 1 rings (SSSR count). The van der Waals surface area contributed by atoms with Gasteiger partial charge in [-0.2, -0.15) is 0 Å². The van der Waals surface area contributed by atoms with E-state index in [1.165, 1.54) is 16.7 Å². The molecule has 1 radical (unpaired) electrons. The van der Waals surface area contributed by atoms with Crippen LogP contribution in [0.15, 0.2) is 18.2 Å². The Morgan fingerprint density at radius 2 is 2.00 bits per heavy atom. The Morgan fingerprint density at radius 1 is 1.30 bits per heavy atom. The molecule has 0 spiro atoms. The first-order valence-corrected chi connectivity index (χ1v) is 4.59. The molecule has 0 bridgehead atoms. The van der Waals surface area contributed by atoms with Crippen molar-refractivity contribution in [1.29, 1.82) is 0 Å². The van der Waals surface area contributed by atoms with Gasteiger partial charge in [0.05, 0.1) is 0 Å². The maximum atomic E-state index is 3.03. The maximum absolute atomic E-state index is 3.03. The van der Waals surface area contributed by atoms with E-state index in [4.69, 9.17) is 0 Å². The summed E-state index contributed by atoms with van der Waals surface area (Å²) in [6.07, 6.45) is 0. The van der Waals surface area contributed by atoms with Gasteiger partial charge in [0.2, 0.25) is 0 Å². The van der Waals surface area contributed by atoms with Crippen molar-refractivity contribution in [2.75, 3.05) is 0 Å². The monoisotopic (exact) mass is 199 g/mol. The van der Waals surface area contributed by atoms with E-state index >= 15 is 0 Å². The summed E-state index contributed by atoms with van der Waals surface area (Å²) < 4.78 is 0. The first kappa shape index (κ1) is 7.84. The van der Waals surface area contributed by atoms with Gasteiger partial charge in [-0.1, -0.05) is 0 Å². The van der Waals surface area contributed by atoms with Gasteiger partial charge in [0.1, 0.15) is 0 Å². The molecule has 0 N–H and O–H groups in total. The summed E-state index contributed by atoms with van der Waals surface area (Å²) in [6.45, 7) is 4.27. The summed E-state index contributed by atoms with van der Waals surface area (Å²) in [5, 5.41) is 1.02. The molecule has 0 unspecified atom stereocenters. The van der Waals surface area contributed by atoms with Crippen LogP contribution in [0.2, 0.25) is 0 Å². The summed E-state index contributed by atoms with van der Waals surface area (Å²) in [5.41, 5.74) is 4.14. The van der Waals surface area contributed by atoms with Gasteiger partial charge in [0, 0.05) is 0 Å². The van der Waals surface area contributed by atoms with Gasteiger partial charge in [-0.15, -0.1) is 0 Å². The molecular formula is C9H11Se. The summed E-state index contributed by atoms with van der Waals surface area (Å²) >= 11 is 3.03. The molecule has 1 heteroatoms. The molecule has 1 aromatic rings. The Hall–Kier alpha value is -0.261. The zero-order chi connectivity index (χ0) is 7.56. The first-order chi connectivity index (χ1) is 4.74. The van der Waals surface area contributed by atoms with Gasteiger partial charge >= 0.3 is 70.1 Å². The van der Waals surface area contributed by atoms with Crippen molar-refractivity contribution in [3.05, 3.63) is 34.9 Å². The average Bonchev–Trinajstić information content (AvgIpc) is 1.94. The molecule has 0 atom stereocenters. The summed E-state index contributed by atoms with van der Waals surface area (Å²) in [5.74, 6) is 0. The van der Waals surface area contributed by atoms with Gasteiger partial charge in [-0.25, -0.2) is 0 Å². The van der Waals surface area contributed by atoms with Gasteiger partial charge in [0.25, 0.3) is 0 Å². The van der Waals surface area contributed by atoms with Crippen LogP contribution >= 0.6 is 0 Å². The summed E-state index contributed by atoms with van der Waals surface area (Å²) in [6, 6.07) is 6.54. The molecule has 0 saturated carbocycles. The molecule has 0 aliphatic rings. The van der Waals surface area contributed by atoms with Gasteiger partial charge < -0.3 is 0 Å². The van der Waals surface area contributed by atoms with Crippen molar-refractivity contribution in [3.8, 4) is 0 Å². The van der Waals surface area contributed by atoms with Crippen molar-refractivity contribution in [1.82, 2.24) is 0 Å². The Bertz CT molecular complexity index is 228. The van der Waals surface area contributed by atoms with Crippen LogP contribution in [0, 0.1) is 13.8 Å². The predicted molar refractivity (Wildman–Crippen MR) is 45.4 cm³/mol. The van der Waals surface area contributed by atoms with Crippen LogP contribution < -0.4 is 0 Å². The van der Waals surface area contributed by atoms with Crippen LogP contribution in [0.5, 0.6) is 0 Å². The molecule has 0 aliphatic carbocycles. The summed E-state index contributed by atoms with van der Waals surface area (Å²) in [7, 11) is 0. The van der Waals surface area contributed by atoms with Crippen molar-refractivity contribution in [2.45, 2.75) is 19.2 Å². The van der Waals surface area contributed by atoms with E-state index in [1.807, 2.05) is 0 Å². The molecule has 0 amide bonds. The fraction of sp³-hybridized carbons (Fsp3) is 0.333. The first-order valence-electron chi connectivity index (χ1n) is 3.38. The number of rotatable bonds is 1. The molecule has 1 aromatic carbocycles. The molecule has 0 aliphatic heterocycles. The van der Waals surface area contributed by atoms with E-state index in [0.29, 0.717) is 0 Å². The Morgan fingerprint density at radius 3 is 2.50 bits per heavy atom. The van der Waals surface area contributed by atoms with Crippen LogP contribution in [0.3, 0.4) is 0 Å². The third-order valence-corrected chi connectivity index (χ3v) is 2.31. The number of hydrogen-bond acceptors (Lipinski definition) is 0.